The second kappa shape index (κ2) is 9.24. The first kappa shape index (κ1) is 19.0. The first-order valence-electron chi connectivity index (χ1n) is 9.19. The van der Waals surface area contributed by atoms with Crippen LogP contribution in [-0.4, -0.2) is 54.8 Å². The normalized spacial score (nSPS) is 24.4. The molecule has 140 valence electrons. The number of fused-ring (bicyclic) bond motifs is 1. The van der Waals surface area contributed by atoms with Gasteiger partial charge in [-0.2, -0.15) is 0 Å². The summed E-state index contributed by atoms with van der Waals surface area (Å²) in [4.78, 5) is 27.9. The van der Waals surface area contributed by atoms with E-state index in [1.54, 1.807) is 23.8 Å². The Bertz CT molecular complexity index is 662. The van der Waals surface area contributed by atoms with Crippen LogP contribution in [0.25, 0.3) is 6.08 Å². The molecule has 1 heterocycles. The lowest BCUT2D eigenvalue weighted by Crippen LogP contribution is -2.54. The molecule has 3 rings (SSSR count). The lowest BCUT2D eigenvalue weighted by molar-refractivity contribution is -0.135. The summed E-state index contributed by atoms with van der Waals surface area (Å²) >= 11 is 1.69. The van der Waals surface area contributed by atoms with Gasteiger partial charge in [-0.1, -0.05) is 43.2 Å². The van der Waals surface area contributed by atoms with Gasteiger partial charge in [0.05, 0.1) is 11.5 Å². The summed E-state index contributed by atoms with van der Waals surface area (Å²) < 4.78 is 4.96. The monoisotopic (exact) mass is 374 g/mol. The van der Waals surface area contributed by atoms with Crippen LogP contribution in [0.1, 0.15) is 31.2 Å². The quantitative estimate of drug-likeness (QED) is 0.614. The molecule has 2 amide bonds. The molecule has 2 aliphatic rings. The fourth-order valence-electron chi connectivity index (χ4n) is 3.57. The van der Waals surface area contributed by atoms with E-state index in [1.807, 2.05) is 36.4 Å². The van der Waals surface area contributed by atoms with Gasteiger partial charge in [0.1, 0.15) is 6.54 Å². The van der Waals surface area contributed by atoms with Gasteiger partial charge in [-0.05, 0) is 24.5 Å². The molecule has 1 aromatic carbocycles. The van der Waals surface area contributed by atoms with Crippen LogP contribution < -0.4 is 5.32 Å². The number of hydrogen-bond donors (Lipinski definition) is 1. The highest BCUT2D eigenvalue weighted by Gasteiger charge is 2.41. The third-order valence-corrected chi connectivity index (χ3v) is 6.26. The fourth-order valence-corrected chi connectivity index (χ4v) is 5.04. The average molecular weight is 375 g/mol. The fraction of sp³-hybridized carbons (Fsp3) is 0.500. The number of ether oxygens (including phenoxy) is 1. The molecule has 1 aromatic rings. The van der Waals surface area contributed by atoms with Crippen molar-refractivity contribution in [3.8, 4) is 0 Å². The molecule has 0 bridgehead atoms. The Kier molecular flexibility index (Phi) is 6.74. The summed E-state index contributed by atoms with van der Waals surface area (Å²) in [5.74, 6) is -0.144. The number of carbonyl (C=O) groups excluding carboxylic acids is 2. The Balaban J connectivity index is 1.77. The van der Waals surface area contributed by atoms with Crippen LogP contribution in [0.5, 0.6) is 0 Å². The Labute approximate surface area is 159 Å². The molecule has 1 saturated heterocycles. The van der Waals surface area contributed by atoms with Gasteiger partial charge in [-0.25, -0.2) is 0 Å². The third kappa shape index (κ3) is 4.68. The SMILES string of the molecule is COCCNC(=O)CN1C(=O)/C(=C/c2ccccc2)SC2CCCCC21. The molecule has 1 aliphatic carbocycles. The molecule has 1 saturated carbocycles. The van der Waals surface area contributed by atoms with Gasteiger partial charge in [0.15, 0.2) is 0 Å². The first-order valence-corrected chi connectivity index (χ1v) is 10.1. The van der Waals surface area contributed by atoms with E-state index in [0.29, 0.717) is 18.4 Å². The number of nitrogens with one attached hydrogen (secondary N) is 1. The minimum absolute atomic E-state index is 0.0242. The van der Waals surface area contributed by atoms with Crippen molar-refractivity contribution in [1.29, 1.82) is 0 Å². The highest BCUT2D eigenvalue weighted by molar-refractivity contribution is 8.04. The third-order valence-electron chi connectivity index (χ3n) is 4.86. The highest BCUT2D eigenvalue weighted by Crippen LogP contribution is 2.42. The summed E-state index contributed by atoms with van der Waals surface area (Å²) in [5.41, 5.74) is 1.02. The number of rotatable bonds is 6. The van der Waals surface area contributed by atoms with Crippen molar-refractivity contribution in [3.05, 3.63) is 40.8 Å². The second-order valence-corrected chi connectivity index (χ2v) is 7.98. The molecule has 2 atom stereocenters. The molecular weight excluding hydrogens is 348 g/mol. The number of hydrogen-bond acceptors (Lipinski definition) is 4. The lowest BCUT2D eigenvalue weighted by atomic mass is 9.93. The van der Waals surface area contributed by atoms with Crippen LogP contribution in [-0.2, 0) is 14.3 Å². The van der Waals surface area contributed by atoms with E-state index in [2.05, 4.69) is 5.32 Å². The molecule has 26 heavy (non-hydrogen) atoms. The minimum atomic E-state index is -0.120. The molecule has 5 nitrogen and oxygen atoms in total. The summed E-state index contributed by atoms with van der Waals surface area (Å²) in [6.45, 7) is 1.06. The van der Waals surface area contributed by atoms with Crippen molar-refractivity contribution in [2.24, 2.45) is 0 Å². The van der Waals surface area contributed by atoms with Crippen LogP contribution >= 0.6 is 11.8 Å². The molecule has 0 radical (unpaired) electrons. The van der Waals surface area contributed by atoms with Crippen LogP contribution in [0.3, 0.4) is 0 Å². The van der Waals surface area contributed by atoms with Gasteiger partial charge in [-0.15, -0.1) is 11.8 Å². The van der Waals surface area contributed by atoms with Gasteiger partial charge in [-0.3, -0.25) is 9.59 Å². The standard InChI is InChI=1S/C20H26N2O3S/c1-25-12-11-21-19(23)14-22-16-9-5-6-10-17(16)26-18(20(22)24)13-15-7-3-2-4-8-15/h2-4,7-8,13,16-17H,5-6,9-12,14H2,1H3,(H,21,23)/b18-13-. The maximum absolute atomic E-state index is 13.1. The Morgan fingerprint density at radius 2 is 2.08 bits per heavy atom. The van der Waals surface area contributed by atoms with Crippen molar-refractivity contribution in [2.45, 2.75) is 37.0 Å². The van der Waals surface area contributed by atoms with Crippen molar-refractivity contribution in [3.63, 3.8) is 0 Å². The molecule has 2 unspecified atom stereocenters. The number of benzene rings is 1. The summed E-state index contributed by atoms with van der Waals surface area (Å²) in [6.07, 6.45) is 6.33. The van der Waals surface area contributed by atoms with E-state index in [0.717, 1.165) is 29.7 Å². The van der Waals surface area contributed by atoms with Crippen molar-refractivity contribution >= 4 is 29.7 Å². The maximum Gasteiger partial charge on any atom is 0.261 e. The van der Waals surface area contributed by atoms with Crippen LogP contribution in [0, 0.1) is 0 Å². The van der Waals surface area contributed by atoms with Crippen molar-refractivity contribution in [2.75, 3.05) is 26.8 Å². The number of nitrogens with zero attached hydrogens (tertiary/aromatic N) is 1. The zero-order chi connectivity index (χ0) is 18.4. The average Bonchev–Trinajstić information content (AvgIpc) is 2.66. The molecule has 1 N–H and O–H groups in total. The summed E-state index contributed by atoms with van der Waals surface area (Å²) in [6, 6.07) is 10.0. The largest absolute Gasteiger partial charge is 0.383 e. The Morgan fingerprint density at radius 3 is 2.85 bits per heavy atom. The number of methoxy groups -OCH3 is 1. The topological polar surface area (TPSA) is 58.6 Å². The molecule has 1 aliphatic heterocycles. The van der Waals surface area contributed by atoms with E-state index in [-0.39, 0.29) is 24.4 Å². The van der Waals surface area contributed by atoms with Gasteiger partial charge in [0.2, 0.25) is 5.91 Å². The second-order valence-electron chi connectivity index (χ2n) is 6.70. The Hall–Kier alpha value is -1.79. The van der Waals surface area contributed by atoms with Gasteiger partial charge >= 0.3 is 0 Å². The predicted octanol–water partition coefficient (Wildman–Crippen LogP) is 2.68. The smallest absolute Gasteiger partial charge is 0.261 e. The van der Waals surface area contributed by atoms with Crippen molar-refractivity contribution in [1.82, 2.24) is 10.2 Å². The molecule has 0 spiro atoms. The van der Waals surface area contributed by atoms with E-state index in [4.69, 9.17) is 4.74 Å². The zero-order valence-electron chi connectivity index (χ0n) is 15.1. The molecule has 2 fully saturated rings. The van der Waals surface area contributed by atoms with Gasteiger partial charge in [0.25, 0.3) is 5.91 Å². The van der Waals surface area contributed by atoms with E-state index >= 15 is 0 Å². The first-order chi connectivity index (χ1) is 12.7. The number of carbonyl (C=O) groups is 2. The van der Waals surface area contributed by atoms with Gasteiger partial charge in [0, 0.05) is 24.9 Å². The van der Waals surface area contributed by atoms with Crippen LogP contribution in [0.2, 0.25) is 0 Å². The van der Waals surface area contributed by atoms with E-state index in [9.17, 15) is 9.59 Å². The maximum atomic E-state index is 13.1. The van der Waals surface area contributed by atoms with Crippen LogP contribution in [0.4, 0.5) is 0 Å². The van der Waals surface area contributed by atoms with E-state index in [1.165, 1.54) is 6.42 Å². The number of amides is 2. The lowest BCUT2D eigenvalue weighted by Gasteiger charge is -2.43. The molecule has 6 heteroatoms. The van der Waals surface area contributed by atoms with Gasteiger partial charge < -0.3 is 15.0 Å². The Morgan fingerprint density at radius 1 is 1.31 bits per heavy atom. The minimum Gasteiger partial charge on any atom is -0.383 e. The number of thioether (sulfide) groups is 1. The summed E-state index contributed by atoms with van der Waals surface area (Å²) in [7, 11) is 1.60. The molecule has 0 aromatic heterocycles. The van der Waals surface area contributed by atoms with E-state index < -0.39 is 0 Å². The van der Waals surface area contributed by atoms with Crippen molar-refractivity contribution < 1.29 is 14.3 Å². The zero-order valence-corrected chi connectivity index (χ0v) is 16.0. The molecular formula is C20H26N2O3S. The van der Waals surface area contributed by atoms with Crippen LogP contribution in [0.15, 0.2) is 35.2 Å². The summed E-state index contributed by atoms with van der Waals surface area (Å²) in [5, 5.41) is 3.21. The highest BCUT2D eigenvalue weighted by atomic mass is 32.2. The predicted molar refractivity (Wildman–Crippen MR) is 105 cm³/mol.